The SMILES string of the molecule is CCCN(C(=O)[C@H](N)CC)C(C)c1ccccc1Br. The molecule has 0 spiro atoms. The van der Waals surface area contributed by atoms with E-state index in [1.54, 1.807) is 0 Å². The van der Waals surface area contributed by atoms with Crippen LogP contribution >= 0.6 is 15.9 Å². The molecule has 2 N–H and O–H groups in total. The van der Waals surface area contributed by atoms with Crippen molar-refractivity contribution >= 4 is 21.8 Å². The van der Waals surface area contributed by atoms with Crippen molar-refractivity contribution in [3.63, 3.8) is 0 Å². The van der Waals surface area contributed by atoms with E-state index in [4.69, 9.17) is 5.73 Å². The van der Waals surface area contributed by atoms with Gasteiger partial charge in [0.25, 0.3) is 0 Å². The summed E-state index contributed by atoms with van der Waals surface area (Å²) in [6.07, 6.45) is 1.60. The Balaban J connectivity index is 2.99. The monoisotopic (exact) mass is 326 g/mol. The predicted octanol–water partition coefficient (Wildman–Crippen LogP) is 3.49. The molecule has 0 saturated heterocycles. The summed E-state index contributed by atoms with van der Waals surface area (Å²) in [5, 5.41) is 0. The second-order valence-electron chi connectivity index (χ2n) is 4.74. The Morgan fingerprint density at radius 3 is 2.53 bits per heavy atom. The standard InChI is InChI=1S/C15H23BrN2O/c1-4-10-18(15(19)14(17)5-2)11(3)12-8-6-7-9-13(12)16/h6-9,11,14H,4-5,10,17H2,1-3H3/t11?,14-/m1/s1. The Kier molecular flexibility index (Phi) is 6.52. The summed E-state index contributed by atoms with van der Waals surface area (Å²) in [7, 11) is 0. The first-order chi connectivity index (χ1) is 9.02. The molecule has 106 valence electrons. The highest BCUT2D eigenvalue weighted by molar-refractivity contribution is 9.10. The molecule has 19 heavy (non-hydrogen) atoms. The van der Waals surface area contributed by atoms with Gasteiger partial charge in [-0.15, -0.1) is 0 Å². The van der Waals surface area contributed by atoms with Gasteiger partial charge in [0.1, 0.15) is 0 Å². The molecule has 0 bridgehead atoms. The molecule has 0 fully saturated rings. The van der Waals surface area contributed by atoms with Crippen LogP contribution in [0.3, 0.4) is 0 Å². The van der Waals surface area contributed by atoms with Crippen molar-refractivity contribution in [2.75, 3.05) is 6.54 Å². The van der Waals surface area contributed by atoms with Gasteiger partial charge >= 0.3 is 0 Å². The molecule has 4 heteroatoms. The summed E-state index contributed by atoms with van der Waals surface area (Å²) < 4.78 is 1.03. The molecule has 2 atom stereocenters. The van der Waals surface area contributed by atoms with E-state index in [9.17, 15) is 4.79 Å². The zero-order valence-corrected chi connectivity index (χ0v) is 13.5. The highest BCUT2D eigenvalue weighted by Gasteiger charge is 2.25. The molecule has 3 nitrogen and oxygen atoms in total. The topological polar surface area (TPSA) is 46.3 Å². The van der Waals surface area contributed by atoms with Crippen molar-refractivity contribution in [3.8, 4) is 0 Å². The first kappa shape index (κ1) is 16.2. The van der Waals surface area contributed by atoms with Crippen LogP contribution in [0.5, 0.6) is 0 Å². The van der Waals surface area contributed by atoms with Crippen molar-refractivity contribution in [2.45, 2.75) is 45.7 Å². The lowest BCUT2D eigenvalue weighted by molar-refractivity contribution is -0.134. The average molecular weight is 327 g/mol. The maximum atomic E-state index is 12.4. The van der Waals surface area contributed by atoms with E-state index < -0.39 is 6.04 Å². The van der Waals surface area contributed by atoms with E-state index >= 15 is 0 Å². The van der Waals surface area contributed by atoms with Gasteiger partial charge in [-0.1, -0.05) is 48.0 Å². The Morgan fingerprint density at radius 1 is 1.37 bits per heavy atom. The quantitative estimate of drug-likeness (QED) is 0.869. The third-order valence-corrected chi connectivity index (χ3v) is 4.05. The van der Waals surface area contributed by atoms with Crippen LogP contribution in [0.1, 0.15) is 45.2 Å². The highest BCUT2D eigenvalue weighted by Crippen LogP contribution is 2.28. The summed E-state index contributed by atoms with van der Waals surface area (Å²) >= 11 is 3.55. The molecule has 1 unspecified atom stereocenters. The molecule has 1 rings (SSSR count). The van der Waals surface area contributed by atoms with Crippen LogP contribution in [-0.4, -0.2) is 23.4 Å². The van der Waals surface area contributed by atoms with Crippen molar-refractivity contribution in [3.05, 3.63) is 34.3 Å². The smallest absolute Gasteiger partial charge is 0.239 e. The first-order valence-electron chi connectivity index (χ1n) is 6.83. The number of nitrogens with zero attached hydrogens (tertiary/aromatic N) is 1. The first-order valence-corrected chi connectivity index (χ1v) is 7.62. The van der Waals surface area contributed by atoms with E-state index in [-0.39, 0.29) is 11.9 Å². The maximum absolute atomic E-state index is 12.4. The van der Waals surface area contributed by atoms with E-state index in [1.807, 2.05) is 36.1 Å². The molecule has 1 aromatic rings. The van der Waals surface area contributed by atoms with Gasteiger partial charge in [0.2, 0.25) is 5.91 Å². The van der Waals surface area contributed by atoms with Crippen LogP contribution in [-0.2, 0) is 4.79 Å². The van der Waals surface area contributed by atoms with Crippen molar-refractivity contribution in [1.29, 1.82) is 0 Å². The normalized spacial score (nSPS) is 13.9. The second kappa shape index (κ2) is 7.65. The Morgan fingerprint density at radius 2 is 2.00 bits per heavy atom. The minimum atomic E-state index is -0.406. The highest BCUT2D eigenvalue weighted by atomic mass is 79.9. The fourth-order valence-electron chi connectivity index (χ4n) is 2.11. The summed E-state index contributed by atoms with van der Waals surface area (Å²) in [6, 6.07) is 7.63. The Labute approximate surface area is 124 Å². The molecule has 1 aromatic carbocycles. The van der Waals surface area contributed by atoms with Gasteiger partial charge in [0, 0.05) is 11.0 Å². The van der Waals surface area contributed by atoms with E-state index in [2.05, 4.69) is 29.8 Å². The van der Waals surface area contributed by atoms with E-state index in [0.29, 0.717) is 6.42 Å². The fraction of sp³-hybridized carbons (Fsp3) is 0.533. The lowest BCUT2D eigenvalue weighted by Gasteiger charge is -2.32. The molecule has 0 heterocycles. The average Bonchev–Trinajstić information content (AvgIpc) is 2.43. The van der Waals surface area contributed by atoms with Crippen LogP contribution in [0.4, 0.5) is 0 Å². The molecular weight excluding hydrogens is 304 g/mol. The molecular formula is C15H23BrN2O. The number of hydrogen-bond donors (Lipinski definition) is 1. The summed E-state index contributed by atoms with van der Waals surface area (Å²) in [6.45, 7) is 6.80. The van der Waals surface area contributed by atoms with Crippen molar-refractivity contribution in [1.82, 2.24) is 4.90 Å². The third-order valence-electron chi connectivity index (χ3n) is 3.33. The minimum Gasteiger partial charge on any atom is -0.335 e. The molecule has 0 aliphatic rings. The van der Waals surface area contributed by atoms with Crippen LogP contribution < -0.4 is 5.73 Å². The van der Waals surface area contributed by atoms with Gasteiger partial charge in [-0.25, -0.2) is 0 Å². The number of nitrogens with two attached hydrogens (primary N) is 1. The number of carbonyl (C=O) groups excluding carboxylic acids is 1. The molecule has 0 aliphatic carbocycles. The van der Waals surface area contributed by atoms with Gasteiger partial charge in [-0.05, 0) is 31.4 Å². The lowest BCUT2D eigenvalue weighted by Crippen LogP contribution is -2.45. The number of rotatable bonds is 6. The summed E-state index contributed by atoms with van der Waals surface area (Å²) in [5.41, 5.74) is 7.02. The van der Waals surface area contributed by atoms with Gasteiger partial charge in [-0.3, -0.25) is 4.79 Å². The van der Waals surface area contributed by atoms with Crippen LogP contribution in [0, 0.1) is 0 Å². The maximum Gasteiger partial charge on any atom is 0.239 e. The lowest BCUT2D eigenvalue weighted by atomic mass is 10.0. The van der Waals surface area contributed by atoms with Gasteiger partial charge in [0.15, 0.2) is 0 Å². The Bertz CT molecular complexity index is 422. The second-order valence-corrected chi connectivity index (χ2v) is 5.60. The summed E-state index contributed by atoms with van der Waals surface area (Å²) in [5.74, 6) is 0.0348. The Hall–Kier alpha value is -0.870. The largest absolute Gasteiger partial charge is 0.335 e. The molecule has 1 amide bonds. The molecule has 0 aromatic heterocycles. The summed E-state index contributed by atoms with van der Waals surface area (Å²) in [4.78, 5) is 14.3. The zero-order valence-electron chi connectivity index (χ0n) is 11.9. The zero-order chi connectivity index (χ0) is 14.4. The van der Waals surface area contributed by atoms with Crippen molar-refractivity contribution < 1.29 is 4.79 Å². The van der Waals surface area contributed by atoms with Crippen LogP contribution in [0.15, 0.2) is 28.7 Å². The van der Waals surface area contributed by atoms with Crippen LogP contribution in [0.2, 0.25) is 0 Å². The van der Waals surface area contributed by atoms with E-state index in [0.717, 1.165) is 23.0 Å². The van der Waals surface area contributed by atoms with Crippen LogP contribution in [0.25, 0.3) is 0 Å². The van der Waals surface area contributed by atoms with Gasteiger partial charge in [0.05, 0.1) is 12.1 Å². The minimum absolute atomic E-state index is 0.0284. The molecule has 0 saturated carbocycles. The number of halogens is 1. The third kappa shape index (κ3) is 4.05. The fourth-order valence-corrected chi connectivity index (χ4v) is 2.72. The number of hydrogen-bond acceptors (Lipinski definition) is 2. The van der Waals surface area contributed by atoms with Crippen molar-refractivity contribution in [2.24, 2.45) is 5.73 Å². The number of benzene rings is 1. The predicted molar refractivity (Wildman–Crippen MR) is 82.8 cm³/mol. The van der Waals surface area contributed by atoms with Gasteiger partial charge in [-0.2, -0.15) is 0 Å². The molecule has 0 radical (unpaired) electrons. The molecule has 0 aliphatic heterocycles. The van der Waals surface area contributed by atoms with E-state index in [1.165, 1.54) is 0 Å². The van der Waals surface area contributed by atoms with Gasteiger partial charge < -0.3 is 10.6 Å². The number of carbonyl (C=O) groups is 1. The number of amides is 1.